The van der Waals surface area contributed by atoms with Crippen LogP contribution in [0.25, 0.3) is 0 Å². The Hall–Kier alpha value is -1.88. The molecule has 1 saturated carbocycles. The van der Waals surface area contributed by atoms with Crippen LogP contribution >= 0.6 is 0 Å². The number of rotatable bonds is 7. The first-order valence-electron chi connectivity index (χ1n) is 7.01. The molecule has 1 aromatic rings. The van der Waals surface area contributed by atoms with E-state index in [1.54, 1.807) is 6.92 Å². The van der Waals surface area contributed by atoms with Gasteiger partial charge in [-0.25, -0.2) is 0 Å². The van der Waals surface area contributed by atoms with Crippen molar-refractivity contribution in [2.45, 2.75) is 25.8 Å². The Balaban J connectivity index is 1.68. The summed E-state index contributed by atoms with van der Waals surface area (Å²) in [6, 6.07) is 8.64. The second-order valence-electron chi connectivity index (χ2n) is 5.22. The van der Waals surface area contributed by atoms with Gasteiger partial charge in [-0.3, -0.25) is 9.59 Å². The Morgan fingerprint density at radius 2 is 1.95 bits per heavy atom. The Bertz CT molecular complexity index is 457. The van der Waals surface area contributed by atoms with Crippen LogP contribution in [-0.2, 0) is 9.59 Å². The van der Waals surface area contributed by atoms with Crippen LogP contribution in [0.3, 0.4) is 0 Å². The lowest BCUT2D eigenvalue weighted by atomic mass is 10.2. The van der Waals surface area contributed by atoms with E-state index in [0.717, 1.165) is 18.2 Å². The normalized spacial score (nSPS) is 15.4. The van der Waals surface area contributed by atoms with Crippen molar-refractivity contribution >= 4 is 17.5 Å². The van der Waals surface area contributed by atoms with Gasteiger partial charge in [0.2, 0.25) is 11.8 Å². The fourth-order valence-electron chi connectivity index (χ4n) is 1.84. The van der Waals surface area contributed by atoms with Gasteiger partial charge in [0, 0.05) is 5.69 Å². The third kappa shape index (κ3) is 5.01. The van der Waals surface area contributed by atoms with E-state index in [2.05, 4.69) is 16.0 Å². The minimum atomic E-state index is -0.551. The predicted molar refractivity (Wildman–Crippen MR) is 78.3 cm³/mol. The smallest absolute Gasteiger partial charge is 0.246 e. The lowest BCUT2D eigenvalue weighted by molar-refractivity contribution is -0.125. The molecule has 0 heterocycles. The molecule has 3 N–H and O–H groups in total. The van der Waals surface area contributed by atoms with Crippen molar-refractivity contribution in [1.29, 1.82) is 0 Å². The van der Waals surface area contributed by atoms with Gasteiger partial charge in [0.15, 0.2) is 0 Å². The average Bonchev–Trinajstić information content (AvgIpc) is 3.24. The van der Waals surface area contributed by atoms with Crippen molar-refractivity contribution in [3.8, 4) is 0 Å². The predicted octanol–water partition coefficient (Wildman–Crippen LogP) is 1.13. The van der Waals surface area contributed by atoms with E-state index in [1.807, 2.05) is 30.3 Å². The van der Waals surface area contributed by atoms with Crippen LogP contribution in [0.15, 0.2) is 30.3 Å². The number of benzene rings is 1. The Morgan fingerprint density at radius 1 is 1.25 bits per heavy atom. The Labute approximate surface area is 119 Å². The zero-order chi connectivity index (χ0) is 14.4. The van der Waals surface area contributed by atoms with E-state index in [-0.39, 0.29) is 18.4 Å². The summed E-state index contributed by atoms with van der Waals surface area (Å²) in [6.45, 7) is 2.83. The summed E-state index contributed by atoms with van der Waals surface area (Å²) in [5.41, 5.74) is 0.727. The van der Waals surface area contributed by atoms with E-state index < -0.39 is 6.04 Å². The number of carbonyl (C=O) groups is 2. The third-order valence-corrected chi connectivity index (χ3v) is 3.23. The number of carbonyl (C=O) groups excluding carboxylic acids is 2. The maximum atomic E-state index is 11.9. The molecule has 1 unspecified atom stereocenters. The molecule has 0 radical (unpaired) electrons. The SMILES string of the molecule is CC(NC(=O)CNCC1CC1)C(=O)Nc1ccccc1. The highest BCUT2D eigenvalue weighted by Gasteiger charge is 2.21. The fraction of sp³-hybridized carbons (Fsp3) is 0.467. The largest absolute Gasteiger partial charge is 0.343 e. The molecule has 0 saturated heterocycles. The average molecular weight is 275 g/mol. The summed E-state index contributed by atoms with van der Waals surface area (Å²) in [7, 11) is 0. The molecule has 1 atom stereocenters. The quantitative estimate of drug-likeness (QED) is 0.698. The molecule has 20 heavy (non-hydrogen) atoms. The van der Waals surface area contributed by atoms with Crippen molar-refractivity contribution in [2.24, 2.45) is 5.92 Å². The molecule has 1 aliphatic carbocycles. The van der Waals surface area contributed by atoms with E-state index in [0.29, 0.717) is 0 Å². The number of para-hydroxylation sites is 1. The van der Waals surface area contributed by atoms with Gasteiger partial charge in [-0.1, -0.05) is 18.2 Å². The van der Waals surface area contributed by atoms with Crippen LogP contribution < -0.4 is 16.0 Å². The molecule has 2 amide bonds. The molecule has 5 nitrogen and oxygen atoms in total. The van der Waals surface area contributed by atoms with Crippen molar-refractivity contribution in [3.63, 3.8) is 0 Å². The third-order valence-electron chi connectivity index (χ3n) is 3.23. The van der Waals surface area contributed by atoms with Crippen LogP contribution in [0, 0.1) is 5.92 Å². The minimum Gasteiger partial charge on any atom is -0.343 e. The molecule has 5 heteroatoms. The second-order valence-corrected chi connectivity index (χ2v) is 5.22. The first kappa shape index (κ1) is 14.5. The molecule has 108 valence electrons. The molecular weight excluding hydrogens is 254 g/mol. The van der Waals surface area contributed by atoms with Crippen LogP contribution in [0.4, 0.5) is 5.69 Å². The van der Waals surface area contributed by atoms with Crippen LogP contribution in [0.5, 0.6) is 0 Å². The van der Waals surface area contributed by atoms with E-state index >= 15 is 0 Å². The molecule has 0 spiro atoms. The van der Waals surface area contributed by atoms with Crippen molar-refractivity contribution in [1.82, 2.24) is 10.6 Å². The monoisotopic (exact) mass is 275 g/mol. The fourth-order valence-corrected chi connectivity index (χ4v) is 1.84. The highest BCUT2D eigenvalue weighted by Crippen LogP contribution is 2.27. The number of amides is 2. The molecule has 1 aromatic carbocycles. The van der Waals surface area contributed by atoms with Crippen LogP contribution in [-0.4, -0.2) is 30.9 Å². The van der Waals surface area contributed by atoms with Gasteiger partial charge in [0.05, 0.1) is 6.54 Å². The number of hydrogen-bond acceptors (Lipinski definition) is 3. The van der Waals surface area contributed by atoms with Gasteiger partial charge in [-0.2, -0.15) is 0 Å². The van der Waals surface area contributed by atoms with Crippen molar-refractivity contribution in [3.05, 3.63) is 30.3 Å². The van der Waals surface area contributed by atoms with Crippen LogP contribution in [0.2, 0.25) is 0 Å². The zero-order valence-electron chi connectivity index (χ0n) is 11.7. The summed E-state index contributed by atoms with van der Waals surface area (Å²) in [4.78, 5) is 23.6. The lowest BCUT2D eigenvalue weighted by Gasteiger charge is -2.14. The van der Waals surface area contributed by atoms with E-state index in [9.17, 15) is 9.59 Å². The minimum absolute atomic E-state index is 0.152. The zero-order valence-corrected chi connectivity index (χ0v) is 11.7. The van der Waals surface area contributed by atoms with E-state index in [4.69, 9.17) is 0 Å². The number of hydrogen-bond donors (Lipinski definition) is 3. The summed E-state index contributed by atoms with van der Waals surface area (Å²) in [5, 5.41) is 8.54. The van der Waals surface area contributed by atoms with Crippen molar-refractivity contribution in [2.75, 3.05) is 18.4 Å². The molecule has 0 bridgehead atoms. The Morgan fingerprint density at radius 3 is 2.60 bits per heavy atom. The lowest BCUT2D eigenvalue weighted by Crippen LogP contribution is -2.45. The second kappa shape index (κ2) is 7.05. The van der Waals surface area contributed by atoms with Gasteiger partial charge < -0.3 is 16.0 Å². The van der Waals surface area contributed by atoms with Gasteiger partial charge in [-0.15, -0.1) is 0 Å². The Kier molecular flexibility index (Phi) is 5.12. The van der Waals surface area contributed by atoms with Gasteiger partial charge >= 0.3 is 0 Å². The molecule has 1 aliphatic rings. The maximum Gasteiger partial charge on any atom is 0.246 e. The molecule has 1 fully saturated rings. The highest BCUT2D eigenvalue weighted by molar-refractivity contribution is 5.97. The summed E-state index contributed by atoms with van der Waals surface area (Å²) in [6.07, 6.45) is 2.51. The number of anilines is 1. The van der Waals surface area contributed by atoms with Crippen LogP contribution in [0.1, 0.15) is 19.8 Å². The van der Waals surface area contributed by atoms with Gasteiger partial charge in [-0.05, 0) is 44.4 Å². The standard InChI is InChI=1S/C15H21N3O2/c1-11(15(20)18-13-5-3-2-4-6-13)17-14(19)10-16-9-12-7-8-12/h2-6,11-12,16H,7-10H2,1H3,(H,17,19)(H,18,20). The number of nitrogens with one attached hydrogen (secondary N) is 3. The summed E-state index contributed by atoms with van der Waals surface area (Å²) >= 11 is 0. The van der Waals surface area contributed by atoms with Gasteiger partial charge in [0.25, 0.3) is 0 Å². The first-order valence-corrected chi connectivity index (χ1v) is 7.01. The summed E-state index contributed by atoms with van der Waals surface area (Å²) in [5.74, 6) is 0.370. The topological polar surface area (TPSA) is 70.2 Å². The van der Waals surface area contributed by atoms with Crippen molar-refractivity contribution < 1.29 is 9.59 Å². The maximum absolute atomic E-state index is 11.9. The highest BCUT2D eigenvalue weighted by atomic mass is 16.2. The molecular formula is C15H21N3O2. The molecule has 0 aliphatic heterocycles. The summed E-state index contributed by atoms with van der Waals surface area (Å²) < 4.78 is 0. The molecule has 0 aromatic heterocycles. The van der Waals surface area contributed by atoms with Gasteiger partial charge in [0.1, 0.15) is 6.04 Å². The van der Waals surface area contributed by atoms with E-state index in [1.165, 1.54) is 12.8 Å². The molecule has 2 rings (SSSR count). The first-order chi connectivity index (χ1) is 9.65.